The Hall–Kier alpha value is -1.70. The molecule has 0 bridgehead atoms. The lowest BCUT2D eigenvalue weighted by molar-refractivity contribution is -0.663. The molecule has 0 unspecified atom stereocenters. The maximum atomic E-state index is 4.57. The predicted molar refractivity (Wildman–Crippen MR) is 60.3 cm³/mol. The van der Waals surface area contributed by atoms with Gasteiger partial charge in [-0.2, -0.15) is 0 Å². The van der Waals surface area contributed by atoms with Crippen LogP contribution in [0.4, 0.5) is 0 Å². The molecule has 0 aliphatic heterocycles. The molecule has 0 amide bonds. The molecule has 1 heterocycles. The zero-order valence-corrected chi connectivity index (χ0v) is 9.36. The average Bonchev–Trinajstić information content (AvgIpc) is 2.23. The molecule has 0 spiro atoms. The Bertz CT molecular complexity index is 490. The fourth-order valence-corrected chi connectivity index (χ4v) is 1.65. The van der Waals surface area contributed by atoms with Crippen molar-refractivity contribution in [1.29, 1.82) is 0 Å². The summed E-state index contributed by atoms with van der Waals surface area (Å²) in [6.45, 7) is 4.13. The number of rotatable bonds is 1. The summed E-state index contributed by atoms with van der Waals surface area (Å²) in [5, 5.41) is 0. The van der Waals surface area contributed by atoms with Gasteiger partial charge in [0.25, 0.3) is 0 Å². The molecule has 1 aromatic heterocycles. The van der Waals surface area contributed by atoms with Gasteiger partial charge >= 0.3 is 5.82 Å². The highest BCUT2D eigenvalue weighted by Gasteiger charge is 2.14. The number of benzene rings is 1. The Morgan fingerprint density at radius 2 is 1.80 bits per heavy atom. The summed E-state index contributed by atoms with van der Waals surface area (Å²) in [5.41, 5.74) is 3.50. The van der Waals surface area contributed by atoms with Crippen molar-refractivity contribution in [3.8, 4) is 11.4 Å². The summed E-state index contributed by atoms with van der Waals surface area (Å²) in [5.74, 6) is 1.02. The number of aromatic nitrogens is 2. The van der Waals surface area contributed by atoms with Crippen molar-refractivity contribution in [3.63, 3.8) is 0 Å². The van der Waals surface area contributed by atoms with Gasteiger partial charge in [0, 0.05) is 13.0 Å². The Morgan fingerprint density at radius 1 is 1.07 bits per heavy atom. The molecule has 0 radical (unpaired) electrons. The molecular formula is C13H15N2+. The Labute approximate surface area is 90.2 Å². The lowest BCUT2D eigenvalue weighted by Crippen LogP contribution is -2.32. The first-order valence-electron chi connectivity index (χ1n) is 5.08. The Kier molecular flexibility index (Phi) is 2.50. The fourth-order valence-electron chi connectivity index (χ4n) is 1.65. The molecule has 0 saturated carbocycles. The van der Waals surface area contributed by atoms with E-state index in [4.69, 9.17) is 0 Å². The molecule has 0 aliphatic carbocycles. The van der Waals surface area contributed by atoms with Crippen LogP contribution in [0.2, 0.25) is 0 Å². The van der Waals surface area contributed by atoms with Crippen LogP contribution in [0.15, 0.2) is 36.5 Å². The first-order chi connectivity index (χ1) is 7.18. The van der Waals surface area contributed by atoms with E-state index in [2.05, 4.69) is 34.7 Å². The largest absolute Gasteiger partial charge is 0.330 e. The van der Waals surface area contributed by atoms with Crippen LogP contribution in [0.3, 0.4) is 0 Å². The molecule has 2 rings (SSSR count). The predicted octanol–water partition coefficient (Wildman–Crippen LogP) is 2.19. The zero-order valence-electron chi connectivity index (χ0n) is 9.36. The van der Waals surface area contributed by atoms with Crippen molar-refractivity contribution < 1.29 is 4.57 Å². The second kappa shape index (κ2) is 3.81. The van der Waals surface area contributed by atoms with Crippen LogP contribution < -0.4 is 4.57 Å². The van der Waals surface area contributed by atoms with Crippen molar-refractivity contribution in [2.45, 2.75) is 13.8 Å². The molecule has 2 nitrogen and oxygen atoms in total. The van der Waals surface area contributed by atoms with E-state index in [1.807, 2.05) is 32.3 Å². The molecule has 0 fully saturated rings. The molecule has 0 saturated heterocycles. The van der Waals surface area contributed by atoms with E-state index in [9.17, 15) is 0 Å². The van der Waals surface area contributed by atoms with E-state index >= 15 is 0 Å². The van der Waals surface area contributed by atoms with Crippen LogP contribution in [0.1, 0.15) is 11.3 Å². The van der Waals surface area contributed by atoms with Gasteiger partial charge in [-0.25, -0.2) is 4.57 Å². The third-order valence-corrected chi connectivity index (χ3v) is 2.54. The molecule has 2 heteroatoms. The normalized spacial score (nSPS) is 10.3. The quantitative estimate of drug-likeness (QED) is 0.643. The monoisotopic (exact) mass is 199 g/mol. The van der Waals surface area contributed by atoms with E-state index in [0.29, 0.717) is 0 Å². The van der Waals surface area contributed by atoms with E-state index in [-0.39, 0.29) is 0 Å². The van der Waals surface area contributed by atoms with Gasteiger partial charge in [-0.05, 0) is 23.5 Å². The van der Waals surface area contributed by atoms with Gasteiger partial charge in [-0.3, -0.25) is 0 Å². The highest BCUT2D eigenvalue weighted by Crippen LogP contribution is 2.17. The van der Waals surface area contributed by atoms with E-state index < -0.39 is 0 Å². The summed E-state index contributed by atoms with van der Waals surface area (Å²) in [4.78, 5) is 4.57. The summed E-state index contributed by atoms with van der Waals surface area (Å²) < 4.78 is 2.05. The lowest BCUT2D eigenvalue weighted by atomic mass is 10.1. The van der Waals surface area contributed by atoms with Crippen molar-refractivity contribution in [3.05, 3.63) is 47.8 Å². The minimum absolute atomic E-state index is 1.02. The van der Waals surface area contributed by atoms with Crippen LogP contribution in [-0.4, -0.2) is 4.98 Å². The first kappa shape index (κ1) is 9.84. The molecule has 0 N–H and O–H groups in total. The summed E-state index contributed by atoms with van der Waals surface area (Å²) in [6, 6.07) is 10.3. The van der Waals surface area contributed by atoms with Gasteiger partial charge in [0.2, 0.25) is 0 Å². The van der Waals surface area contributed by atoms with Gasteiger partial charge in [0.1, 0.15) is 0 Å². The molecular weight excluding hydrogens is 184 g/mol. The van der Waals surface area contributed by atoms with Gasteiger partial charge in [0.05, 0.1) is 18.8 Å². The third kappa shape index (κ3) is 1.89. The van der Waals surface area contributed by atoms with Crippen LogP contribution >= 0.6 is 0 Å². The highest BCUT2D eigenvalue weighted by molar-refractivity contribution is 5.57. The summed E-state index contributed by atoms with van der Waals surface area (Å²) in [6.07, 6.45) is 2.05. The minimum Gasteiger partial charge on any atom is -0.233 e. The lowest BCUT2D eigenvalue weighted by Gasteiger charge is -2.02. The van der Waals surface area contributed by atoms with E-state index in [1.54, 1.807) is 0 Å². The van der Waals surface area contributed by atoms with Crippen molar-refractivity contribution in [2.75, 3.05) is 0 Å². The van der Waals surface area contributed by atoms with Crippen molar-refractivity contribution in [1.82, 2.24) is 4.98 Å². The SMILES string of the molecule is Cc1cc[n+](C)c(-c2ccccc2C)n1. The van der Waals surface area contributed by atoms with E-state index in [0.717, 1.165) is 11.5 Å². The molecule has 0 atom stereocenters. The topological polar surface area (TPSA) is 16.8 Å². The average molecular weight is 199 g/mol. The van der Waals surface area contributed by atoms with Crippen LogP contribution in [-0.2, 0) is 7.05 Å². The van der Waals surface area contributed by atoms with Crippen molar-refractivity contribution >= 4 is 0 Å². The molecule has 15 heavy (non-hydrogen) atoms. The second-order valence-electron chi connectivity index (χ2n) is 3.82. The molecule has 0 aliphatic rings. The Balaban J connectivity index is 2.64. The minimum atomic E-state index is 1.02. The molecule has 76 valence electrons. The van der Waals surface area contributed by atoms with Gasteiger partial charge in [-0.1, -0.05) is 18.2 Å². The van der Waals surface area contributed by atoms with Gasteiger partial charge in [0.15, 0.2) is 5.69 Å². The smallest absolute Gasteiger partial charge is 0.233 e. The number of hydrogen-bond acceptors (Lipinski definition) is 1. The van der Waals surface area contributed by atoms with Gasteiger partial charge < -0.3 is 0 Å². The maximum Gasteiger partial charge on any atom is 0.330 e. The second-order valence-corrected chi connectivity index (χ2v) is 3.82. The van der Waals surface area contributed by atoms with E-state index in [1.165, 1.54) is 11.1 Å². The summed E-state index contributed by atoms with van der Waals surface area (Å²) in [7, 11) is 2.02. The number of aryl methyl sites for hydroxylation is 3. The standard InChI is InChI=1S/C13H15N2/c1-10-6-4-5-7-12(10)13-14-11(2)8-9-15(13)3/h4-9H,1-3H3/q+1. The van der Waals surface area contributed by atoms with Crippen LogP contribution in [0.25, 0.3) is 11.4 Å². The molecule has 1 aromatic carbocycles. The van der Waals surface area contributed by atoms with Crippen LogP contribution in [0, 0.1) is 13.8 Å². The zero-order chi connectivity index (χ0) is 10.8. The summed E-state index contributed by atoms with van der Waals surface area (Å²) >= 11 is 0. The fraction of sp³-hybridized carbons (Fsp3) is 0.231. The maximum absolute atomic E-state index is 4.57. The Morgan fingerprint density at radius 3 is 2.53 bits per heavy atom. The van der Waals surface area contributed by atoms with Gasteiger partial charge in [-0.15, -0.1) is 0 Å². The molecule has 2 aromatic rings. The highest BCUT2D eigenvalue weighted by atomic mass is 15.0. The number of hydrogen-bond donors (Lipinski definition) is 0. The third-order valence-electron chi connectivity index (χ3n) is 2.54. The first-order valence-corrected chi connectivity index (χ1v) is 5.08. The van der Waals surface area contributed by atoms with Crippen LogP contribution in [0.5, 0.6) is 0 Å². The number of nitrogens with zero attached hydrogens (tertiary/aromatic N) is 2. The van der Waals surface area contributed by atoms with Crippen molar-refractivity contribution in [2.24, 2.45) is 7.05 Å².